The Hall–Kier alpha value is -2.24. The fraction of sp³-hybridized carbons (Fsp3) is 0.444. The Morgan fingerprint density at radius 2 is 1.79 bits per heavy atom. The van der Waals surface area contributed by atoms with E-state index in [1.54, 1.807) is 0 Å². The van der Waals surface area contributed by atoms with Crippen molar-refractivity contribution in [2.24, 2.45) is 5.92 Å². The molecule has 0 radical (unpaired) electrons. The van der Waals surface area contributed by atoms with Crippen molar-refractivity contribution in [1.82, 2.24) is 5.32 Å². The van der Waals surface area contributed by atoms with Gasteiger partial charge in [-0.05, 0) is 42.5 Å². The third-order valence-corrected chi connectivity index (χ3v) is 4.15. The molecule has 1 fully saturated rings. The van der Waals surface area contributed by atoms with Crippen LogP contribution >= 0.6 is 0 Å². The van der Waals surface area contributed by atoms with E-state index < -0.39 is 29.6 Å². The highest BCUT2D eigenvalue weighted by molar-refractivity contribution is 5.91. The Morgan fingerprint density at radius 3 is 2.38 bits per heavy atom. The quantitative estimate of drug-likeness (QED) is 0.783. The predicted octanol–water partition coefficient (Wildman–Crippen LogP) is 3.21. The molecule has 2 N–H and O–H groups in total. The van der Waals surface area contributed by atoms with Gasteiger partial charge in [-0.15, -0.1) is 0 Å². The zero-order valence-corrected chi connectivity index (χ0v) is 13.3. The molecule has 1 aliphatic rings. The minimum Gasteiger partial charge on any atom is -0.480 e. The first-order chi connectivity index (χ1) is 11.4. The summed E-state index contributed by atoms with van der Waals surface area (Å²) >= 11 is 0. The van der Waals surface area contributed by atoms with E-state index in [1.807, 2.05) is 6.08 Å². The highest BCUT2D eigenvalue weighted by Crippen LogP contribution is 2.24. The summed E-state index contributed by atoms with van der Waals surface area (Å²) in [5, 5.41) is 11.6. The molecule has 1 aromatic carbocycles. The first kappa shape index (κ1) is 18.1. The second-order valence-corrected chi connectivity index (χ2v) is 6.14. The smallest absolute Gasteiger partial charge is 0.326 e. The molecule has 6 heteroatoms. The number of carboxylic acid groups (broad SMARTS) is 1. The number of hydrogen-bond acceptors (Lipinski definition) is 2. The van der Waals surface area contributed by atoms with Crippen LogP contribution in [0, 0.1) is 17.6 Å². The van der Waals surface area contributed by atoms with Gasteiger partial charge in [0.1, 0.15) is 17.7 Å². The molecular weight excluding hydrogens is 316 g/mol. The number of benzene rings is 1. The highest BCUT2D eigenvalue weighted by atomic mass is 19.1. The molecule has 0 bridgehead atoms. The molecule has 4 nitrogen and oxygen atoms in total. The molecule has 1 aliphatic carbocycles. The Bertz CT molecular complexity index is 604. The van der Waals surface area contributed by atoms with E-state index in [4.69, 9.17) is 0 Å². The molecule has 0 aromatic heterocycles. The van der Waals surface area contributed by atoms with Crippen molar-refractivity contribution in [2.45, 2.75) is 44.6 Å². The van der Waals surface area contributed by atoms with Crippen LogP contribution in [0.5, 0.6) is 0 Å². The zero-order chi connectivity index (χ0) is 17.5. The van der Waals surface area contributed by atoms with E-state index in [1.165, 1.54) is 12.5 Å². The van der Waals surface area contributed by atoms with Crippen LogP contribution in [0.15, 0.2) is 30.4 Å². The van der Waals surface area contributed by atoms with Crippen molar-refractivity contribution in [3.05, 3.63) is 47.5 Å². The number of carboxylic acids is 1. The topological polar surface area (TPSA) is 66.4 Å². The summed E-state index contributed by atoms with van der Waals surface area (Å²) in [5.74, 6) is -2.97. The summed E-state index contributed by atoms with van der Waals surface area (Å²) in [7, 11) is 0. The predicted molar refractivity (Wildman–Crippen MR) is 85.3 cm³/mol. The largest absolute Gasteiger partial charge is 0.480 e. The van der Waals surface area contributed by atoms with Gasteiger partial charge in [0.05, 0.1) is 0 Å². The van der Waals surface area contributed by atoms with Gasteiger partial charge in [0.2, 0.25) is 5.91 Å². The monoisotopic (exact) mass is 337 g/mol. The van der Waals surface area contributed by atoms with Gasteiger partial charge < -0.3 is 10.4 Å². The van der Waals surface area contributed by atoms with Crippen LogP contribution in [-0.2, 0) is 16.0 Å². The second kappa shape index (κ2) is 8.57. The SMILES string of the molecule is O=C(C=CC1CCCCC1)N[C@@H](Cc1cc(F)cc(F)c1)C(=O)O. The Labute approximate surface area is 139 Å². The van der Waals surface area contributed by atoms with Crippen molar-refractivity contribution in [1.29, 1.82) is 0 Å². The zero-order valence-electron chi connectivity index (χ0n) is 13.3. The van der Waals surface area contributed by atoms with Crippen LogP contribution in [0.1, 0.15) is 37.7 Å². The summed E-state index contributed by atoms with van der Waals surface area (Å²) < 4.78 is 26.4. The van der Waals surface area contributed by atoms with Crippen LogP contribution < -0.4 is 5.32 Å². The number of rotatable bonds is 6. The normalized spacial score (nSPS) is 16.9. The van der Waals surface area contributed by atoms with E-state index in [0.717, 1.165) is 37.8 Å². The number of hydrogen-bond donors (Lipinski definition) is 2. The summed E-state index contributed by atoms with van der Waals surface area (Å²) in [6.45, 7) is 0. The first-order valence-corrected chi connectivity index (χ1v) is 8.10. The van der Waals surface area contributed by atoms with Crippen LogP contribution in [0.4, 0.5) is 8.78 Å². The number of amides is 1. The van der Waals surface area contributed by atoms with Gasteiger partial charge in [-0.25, -0.2) is 13.6 Å². The maximum atomic E-state index is 13.2. The molecular formula is C18H21F2NO3. The highest BCUT2D eigenvalue weighted by Gasteiger charge is 2.20. The fourth-order valence-electron chi connectivity index (χ4n) is 2.93. The summed E-state index contributed by atoms with van der Waals surface area (Å²) in [6.07, 6.45) is 8.55. The maximum Gasteiger partial charge on any atom is 0.326 e. The Balaban J connectivity index is 1.96. The molecule has 0 aliphatic heterocycles. The number of aliphatic carboxylic acids is 1. The van der Waals surface area contributed by atoms with Crippen LogP contribution in [0.2, 0.25) is 0 Å². The van der Waals surface area contributed by atoms with Crippen LogP contribution in [0.25, 0.3) is 0 Å². The number of halogens is 2. The lowest BCUT2D eigenvalue weighted by atomic mass is 9.89. The third-order valence-electron chi connectivity index (χ3n) is 4.15. The molecule has 24 heavy (non-hydrogen) atoms. The van der Waals surface area contributed by atoms with Crippen molar-refractivity contribution in [3.63, 3.8) is 0 Å². The molecule has 2 rings (SSSR count). The first-order valence-electron chi connectivity index (χ1n) is 8.10. The molecule has 130 valence electrons. The lowest BCUT2D eigenvalue weighted by Gasteiger charge is -2.18. The molecule has 1 amide bonds. The van der Waals surface area contributed by atoms with Gasteiger partial charge in [0.15, 0.2) is 0 Å². The van der Waals surface area contributed by atoms with Gasteiger partial charge in [0, 0.05) is 12.5 Å². The van der Waals surface area contributed by atoms with Crippen LogP contribution in [-0.4, -0.2) is 23.0 Å². The Morgan fingerprint density at radius 1 is 1.17 bits per heavy atom. The van der Waals surface area contributed by atoms with Gasteiger partial charge >= 0.3 is 5.97 Å². The van der Waals surface area contributed by atoms with Crippen LogP contribution in [0.3, 0.4) is 0 Å². The third kappa shape index (κ3) is 5.76. The van der Waals surface area contributed by atoms with Gasteiger partial charge in [-0.3, -0.25) is 4.79 Å². The van der Waals surface area contributed by atoms with Crippen molar-refractivity contribution < 1.29 is 23.5 Å². The molecule has 0 spiro atoms. The maximum absolute atomic E-state index is 13.2. The van der Waals surface area contributed by atoms with Gasteiger partial charge in [0.25, 0.3) is 0 Å². The molecule has 0 heterocycles. The molecule has 1 aromatic rings. The molecule has 0 saturated heterocycles. The fourth-order valence-corrected chi connectivity index (χ4v) is 2.93. The van der Waals surface area contributed by atoms with Gasteiger partial charge in [-0.2, -0.15) is 0 Å². The van der Waals surface area contributed by atoms with Crippen molar-refractivity contribution in [3.8, 4) is 0 Å². The van der Waals surface area contributed by atoms with Gasteiger partial charge in [-0.1, -0.05) is 25.3 Å². The van der Waals surface area contributed by atoms with E-state index in [2.05, 4.69) is 5.32 Å². The summed E-state index contributed by atoms with van der Waals surface area (Å²) in [4.78, 5) is 23.2. The van der Waals surface area contributed by atoms with E-state index in [9.17, 15) is 23.5 Å². The molecule has 0 unspecified atom stereocenters. The Kier molecular flexibility index (Phi) is 6.46. The molecule has 1 saturated carbocycles. The molecule has 1 atom stereocenters. The lowest BCUT2D eigenvalue weighted by molar-refractivity contribution is -0.141. The minimum atomic E-state index is -1.25. The van der Waals surface area contributed by atoms with E-state index in [-0.39, 0.29) is 12.0 Å². The minimum absolute atomic E-state index is 0.177. The van der Waals surface area contributed by atoms with E-state index in [0.29, 0.717) is 12.0 Å². The number of carbonyl (C=O) groups excluding carboxylic acids is 1. The summed E-state index contributed by atoms with van der Waals surface area (Å²) in [5.41, 5.74) is 0.177. The number of allylic oxidation sites excluding steroid dienone is 1. The number of nitrogens with one attached hydrogen (secondary N) is 1. The van der Waals surface area contributed by atoms with E-state index >= 15 is 0 Å². The average molecular weight is 337 g/mol. The second-order valence-electron chi connectivity index (χ2n) is 6.14. The summed E-state index contributed by atoms with van der Waals surface area (Å²) in [6, 6.07) is 1.59. The number of carbonyl (C=O) groups is 2. The standard InChI is InChI=1S/C18H21F2NO3/c19-14-8-13(9-15(20)11-14)10-16(18(23)24)21-17(22)7-6-12-4-2-1-3-5-12/h6-9,11-12,16H,1-5,10H2,(H,21,22)(H,23,24)/t16-/m0/s1. The average Bonchev–Trinajstić information content (AvgIpc) is 2.52. The van der Waals surface area contributed by atoms with Crippen molar-refractivity contribution in [2.75, 3.05) is 0 Å². The lowest BCUT2D eigenvalue weighted by Crippen LogP contribution is -2.41. The van der Waals surface area contributed by atoms with Crippen molar-refractivity contribution >= 4 is 11.9 Å².